The summed E-state index contributed by atoms with van der Waals surface area (Å²) >= 11 is 0. The lowest BCUT2D eigenvalue weighted by atomic mass is 9.98. The van der Waals surface area contributed by atoms with Crippen LogP contribution in [0.4, 0.5) is 0 Å². The summed E-state index contributed by atoms with van der Waals surface area (Å²) < 4.78 is 0. The Balaban J connectivity index is 2.29. The van der Waals surface area contributed by atoms with E-state index in [1.165, 1.54) is 11.1 Å². The summed E-state index contributed by atoms with van der Waals surface area (Å²) in [6.45, 7) is 0.902. The molecule has 0 aromatic heterocycles. The van der Waals surface area contributed by atoms with Crippen molar-refractivity contribution >= 4 is 5.91 Å². The predicted octanol–water partition coefficient (Wildman–Crippen LogP) is 2.44. The summed E-state index contributed by atoms with van der Waals surface area (Å²) in [6, 6.07) is 16.4. The SMILES string of the molecule is CN(C)Cc1ccccc1-c1ccc(CC(N)=O)cc1. The lowest BCUT2D eigenvalue weighted by Crippen LogP contribution is -2.13. The Labute approximate surface area is 120 Å². The lowest BCUT2D eigenvalue weighted by Gasteiger charge is -2.14. The standard InChI is InChI=1S/C17H20N2O/c1-19(2)12-15-5-3-4-6-16(15)14-9-7-13(8-10-14)11-17(18)20/h3-10H,11-12H2,1-2H3,(H2,18,20). The fourth-order valence-corrected chi connectivity index (χ4v) is 2.28. The van der Waals surface area contributed by atoms with Gasteiger partial charge in [-0.3, -0.25) is 4.79 Å². The molecule has 104 valence electrons. The van der Waals surface area contributed by atoms with Gasteiger partial charge in [-0.25, -0.2) is 0 Å². The number of benzene rings is 2. The average Bonchev–Trinajstić information content (AvgIpc) is 2.39. The molecule has 0 aliphatic heterocycles. The van der Waals surface area contributed by atoms with Gasteiger partial charge in [0.15, 0.2) is 0 Å². The maximum absolute atomic E-state index is 10.9. The van der Waals surface area contributed by atoms with Gasteiger partial charge in [0, 0.05) is 6.54 Å². The molecule has 20 heavy (non-hydrogen) atoms. The van der Waals surface area contributed by atoms with Gasteiger partial charge < -0.3 is 10.6 Å². The number of hydrogen-bond donors (Lipinski definition) is 1. The Morgan fingerprint density at radius 3 is 2.30 bits per heavy atom. The van der Waals surface area contributed by atoms with Crippen molar-refractivity contribution in [1.82, 2.24) is 4.90 Å². The molecule has 0 atom stereocenters. The van der Waals surface area contributed by atoms with Crippen molar-refractivity contribution in [3.63, 3.8) is 0 Å². The van der Waals surface area contributed by atoms with Gasteiger partial charge in [0.2, 0.25) is 5.91 Å². The molecule has 0 saturated carbocycles. The lowest BCUT2D eigenvalue weighted by molar-refractivity contribution is -0.117. The molecule has 1 amide bonds. The fraction of sp³-hybridized carbons (Fsp3) is 0.235. The van der Waals surface area contributed by atoms with Gasteiger partial charge >= 0.3 is 0 Å². The molecule has 2 rings (SSSR count). The van der Waals surface area contributed by atoms with Gasteiger partial charge in [-0.05, 0) is 36.3 Å². The Morgan fingerprint density at radius 2 is 1.70 bits per heavy atom. The number of amides is 1. The first-order chi connectivity index (χ1) is 9.56. The number of carbonyl (C=O) groups excluding carboxylic acids is 1. The molecule has 0 fully saturated rings. The van der Waals surface area contributed by atoms with Crippen LogP contribution in [0.2, 0.25) is 0 Å². The summed E-state index contributed by atoms with van der Waals surface area (Å²) in [4.78, 5) is 13.1. The number of hydrogen-bond acceptors (Lipinski definition) is 2. The van der Waals surface area contributed by atoms with Gasteiger partial charge in [-0.2, -0.15) is 0 Å². The number of nitrogens with two attached hydrogens (primary N) is 1. The van der Waals surface area contributed by atoms with Crippen LogP contribution in [0, 0.1) is 0 Å². The third-order valence-electron chi connectivity index (χ3n) is 3.15. The molecule has 0 bridgehead atoms. The predicted molar refractivity (Wildman–Crippen MR) is 82.2 cm³/mol. The molecule has 0 aliphatic carbocycles. The topological polar surface area (TPSA) is 46.3 Å². The Morgan fingerprint density at radius 1 is 1.05 bits per heavy atom. The van der Waals surface area contributed by atoms with Crippen LogP contribution < -0.4 is 5.73 Å². The Hall–Kier alpha value is -2.13. The highest BCUT2D eigenvalue weighted by atomic mass is 16.1. The fourth-order valence-electron chi connectivity index (χ4n) is 2.28. The van der Waals surface area contributed by atoms with Crippen molar-refractivity contribution in [2.24, 2.45) is 5.73 Å². The highest BCUT2D eigenvalue weighted by Gasteiger charge is 2.06. The van der Waals surface area contributed by atoms with E-state index in [1.54, 1.807) is 0 Å². The van der Waals surface area contributed by atoms with E-state index in [4.69, 9.17) is 5.73 Å². The van der Waals surface area contributed by atoms with Crippen molar-refractivity contribution in [2.75, 3.05) is 14.1 Å². The monoisotopic (exact) mass is 268 g/mol. The molecule has 2 aromatic carbocycles. The van der Waals surface area contributed by atoms with Crippen LogP contribution in [-0.2, 0) is 17.8 Å². The number of carbonyl (C=O) groups is 1. The summed E-state index contributed by atoms with van der Waals surface area (Å²) in [7, 11) is 4.12. The van der Waals surface area contributed by atoms with E-state index < -0.39 is 0 Å². The molecule has 2 N–H and O–H groups in total. The first-order valence-electron chi connectivity index (χ1n) is 6.66. The third-order valence-corrected chi connectivity index (χ3v) is 3.15. The number of primary amides is 1. The van der Waals surface area contributed by atoms with Gasteiger partial charge in [-0.15, -0.1) is 0 Å². The normalized spacial score (nSPS) is 10.8. The molecule has 0 heterocycles. The first kappa shape index (κ1) is 14.3. The van der Waals surface area contributed by atoms with Crippen LogP contribution in [-0.4, -0.2) is 24.9 Å². The van der Waals surface area contributed by atoms with Crippen molar-refractivity contribution in [3.8, 4) is 11.1 Å². The van der Waals surface area contributed by atoms with E-state index in [9.17, 15) is 4.79 Å². The van der Waals surface area contributed by atoms with E-state index >= 15 is 0 Å². The molecule has 3 heteroatoms. The second-order valence-corrected chi connectivity index (χ2v) is 5.23. The summed E-state index contributed by atoms with van der Waals surface area (Å²) in [5.74, 6) is -0.300. The van der Waals surface area contributed by atoms with Crippen LogP contribution >= 0.6 is 0 Å². The summed E-state index contributed by atoms with van der Waals surface area (Å²) in [5.41, 5.74) is 9.84. The zero-order valence-electron chi connectivity index (χ0n) is 12.0. The second kappa shape index (κ2) is 6.35. The van der Waals surface area contributed by atoms with Crippen molar-refractivity contribution in [2.45, 2.75) is 13.0 Å². The Kier molecular flexibility index (Phi) is 4.53. The van der Waals surface area contributed by atoms with Crippen molar-refractivity contribution in [1.29, 1.82) is 0 Å². The van der Waals surface area contributed by atoms with E-state index in [2.05, 4.69) is 37.2 Å². The van der Waals surface area contributed by atoms with E-state index in [0.717, 1.165) is 17.7 Å². The van der Waals surface area contributed by atoms with Crippen LogP contribution in [0.15, 0.2) is 48.5 Å². The first-order valence-corrected chi connectivity index (χ1v) is 6.66. The number of nitrogens with zero attached hydrogens (tertiary/aromatic N) is 1. The Bertz CT molecular complexity index is 588. The van der Waals surface area contributed by atoms with Gasteiger partial charge in [-0.1, -0.05) is 48.5 Å². The zero-order valence-corrected chi connectivity index (χ0v) is 12.0. The molecule has 0 spiro atoms. The van der Waals surface area contributed by atoms with Crippen LogP contribution in [0.1, 0.15) is 11.1 Å². The summed E-state index contributed by atoms with van der Waals surface area (Å²) in [5, 5.41) is 0. The van der Waals surface area contributed by atoms with Crippen LogP contribution in [0.3, 0.4) is 0 Å². The summed E-state index contributed by atoms with van der Waals surface area (Å²) in [6.07, 6.45) is 0.291. The maximum atomic E-state index is 10.9. The average molecular weight is 268 g/mol. The van der Waals surface area contributed by atoms with Crippen LogP contribution in [0.5, 0.6) is 0 Å². The molecule has 0 radical (unpaired) electrons. The number of rotatable bonds is 5. The largest absolute Gasteiger partial charge is 0.369 e. The highest BCUT2D eigenvalue weighted by molar-refractivity contribution is 5.77. The van der Waals surface area contributed by atoms with E-state index in [0.29, 0.717) is 6.42 Å². The quantitative estimate of drug-likeness (QED) is 0.905. The highest BCUT2D eigenvalue weighted by Crippen LogP contribution is 2.24. The zero-order chi connectivity index (χ0) is 14.5. The van der Waals surface area contributed by atoms with Gasteiger partial charge in [0.05, 0.1) is 6.42 Å². The van der Waals surface area contributed by atoms with Crippen LogP contribution in [0.25, 0.3) is 11.1 Å². The minimum atomic E-state index is -0.300. The van der Waals surface area contributed by atoms with Crippen molar-refractivity contribution < 1.29 is 4.79 Å². The van der Waals surface area contributed by atoms with Gasteiger partial charge in [0.25, 0.3) is 0 Å². The molecule has 0 unspecified atom stereocenters. The second-order valence-electron chi connectivity index (χ2n) is 5.23. The van der Waals surface area contributed by atoms with E-state index in [-0.39, 0.29) is 5.91 Å². The molecular formula is C17H20N2O. The third kappa shape index (κ3) is 3.68. The molecular weight excluding hydrogens is 248 g/mol. The van der Waals surface area contributed by atoms with Crippen molar-refractivity contribution in [3.05, 3.63) is 59.7 Å². The molecule has 0 aliphatic rings. The molecule has 2 aromatic rings. The molecule has 3 nitrogen and oxygen atoms in total. The van der Waals surface area contributed by atoms with E-state index in [1.807, 2.05) is 30.3 Å². The minimum absolute atomic E-state index is 0.291. The smallest absolute Gasteiger partial charge is 0.221 e. The molecule has 0 saturated heterocycles. The van der Waals surface area contributed by atoms with Gasteiger partial charge in [0.1, 0.15) is 0 Å². The minimum Gasteiger partial charge on any atom is -0.369 e. The maximum Gasteiger partial charge on any atom is 0.221 e.